The number of hydrogen-bond acceptors (Lipinski definition) is 4. The number of carbonyl (C=O) groups excluding carboxylic acids is 2. The first-order chi connectivity index (χ1) is 10.4. The molecule has 0 amide bonds. The predicted molar refractivity (Wildman–Crippen MR) is 83.1 cm³/mol. The van der Waals surface area contributed by atoms with E-state index in [0.29, 0.717) is 11.1 Å². The number of nitrogens with zero attached hydrogens (tertiary/aromatic N) is 1. The average Bonchev–Trinajstić information content (AvgIpc) is 2.93. The standard InChI is InChI=1S/C18H17NO3/c1-9-12-10-7-5-6-8-11(10)19(4)15(12)18(2,3)14-13(9)16(20)22-17(14)21/h5-8,15H,1-4H3. The summed E-state index contributed by atoms with van der Waals surface area (Å²) in [6, 6.07) is 8.20. The summed E-state index contributed by atoms with van der Waals surface area (Å²) in [5.74, 6) is -1.00. The number of cyclic esters (lactones) is 2. The molecule has 3 aliphatic rings. The van der Waals surface area contributed by atoms with E-state index in [-0.39, 0.29) is 6.04 Å². The molecule has 0 aromatic heterocycles. The van der Waals surface area contributed by atoms with Crippen molar-refractivity contribution < 1.29 is 14.3 Å². The van der Waals surface area contributed by atoms with Crippen LogP contribution in [-0.2, 0) is 14.3 Å². The summed E-state index contributed by atoms with van der Waals surface area (Å²) in [7, 11) is 2.04. The monoisotopic (exact) mass is 295 g/mol. The van der Waals surface area contributed by atoms with Crippen LogP contribution in [0.15, 0.2) is 41.0 Å². The van der Waals surface area contributed by atoms with E-state index in [4.69, 9.17) is 4.74 Å². The molecule has 0 N–H and O–H groups in total. The van der Waals surface area contributed by atoms with Crippen molar-refractivity contribution in [3.8, 4) is 0 Å². The molecule has 2 aliphatic heterocycles. The van der Waals surface area contributed by atoms with Gasteiger partial charge in [-0.1, -0.05) is 32.0 Å². The van der Waals surface area contributed by atoms with E-state index >= 15 is 0 Å². The number of rotatable bonds is 0. The smallest absolute Gasteiger partial charge is 0.346 e. The third kappa shape index (κ3) is 1.33. The molecule has 1 aromatic rings. The summed E-state index contributed by atoms with van der Waals surface area (Å²) < 4.78 is 4.90. The fourth-order valence-electron chi connectivity index (χ4n) is 4.33. The molecule has 112 valence electrons. The van der Waals surface area contributed by atoms with Gasteiger partial charge in [-0.05, 0) is 24.1 Å². The van der Waals surface area contributed by atoms with Crippen molar-refractivity contribution in [2.75, 3.05) is 11.9 Å². The van der Waals surface area contributed by atoms with Crippen molar-refractivity contribution in [3.05, 3.63) is 46.5 Å². The van der Waals surface area contributed by atoms with Crippen LogP contribution in [0, 0.1) is 5.41 Å². The third-order valence-corrected chi connectivity index (χ3v) is 5.19. The lowest BCUT2D eigenvalue weighted by atomic mass is 9.67. The fraction of sp³-hybridized carbons (Fsp3) is 0.333. The molecule has 2 heterocycles. The van der Waals surface area contributed by atoms with Crippen LogP contribution in [0.3, 0.4) is 0 Å². The first kappa shape index (κ1) is 13.3. The van der Waals surface area contributed by atoms with Crippen molar-refractivity contribution in [1.82, 2.24) is 0 Å². The van der Waals surface area contributed by atoms with Gasteiger partial charge in [0.1, 0.15) is 0 Å². The molecule has 0 spiro atoms. The molecule has 4 heteroatoms. The van der Waals surface area contributed by atoms with Gasteiger partial charge in [-0.3, -0.25) is 0 Å². The molecule has 0 fully saturated rings. The highest BCUT2D eigenvalue weighted by Crippen LogP contribution is 2.56. The molecule has 4 rings (SSSR count). The molecule has 0 bridgehead atoms. The van der Waals surface area contributed by atoms with Crippen LogP contribution in [0.4, 0.5) is 5.69 Å². The van der Waals surface area contributed by atoms with E-state index in [1.807, 2.05) is 40.0 Å². The maximum absolute atomic E-state index is 12.2. The van der Waals surface area contributed by atoms with Gasteiger partial charge in [0.2, 0.25) is 0 Å². The van der Waals surface area contributed by atoms with Crippen LogP contribution in [0.2, 0.25) is 0 Å². The topological polar surface area (TPSA) is 46.6 Å². The lowest BCUT2D eigenvalue weighted by Crippen LogP contribution is -2.45. The van der Waals surface area contributed by atoms with E-state index < -0.39 is 17.4 Å². The molecule has 1 atom stereocenters. The molecule has 0 radical (unpaired) electrons. The normalized spacial score (nSPS) is 25.3. The van der Waals surface area contributed by atoms with Crippen molar-refractivity contribution in [1.29, 1.82) is 0 Å². The first-order valence-electron chi connectivity index (χ1n) is 7.40. The summed E-state index contributed by atoms with van der Waals surface area (Å²) in [5, 5.41) is 0. The van der Waals surface area contributed by atoms with Gasteiger partial charge >= 0.3 is 11.9 Å². The van der Waals surface area contributed by atoms with E-state index in [1.165, 1.54) is 0 Å². The van der Waals surface area contributed by atoms with Crippen molar-refractivity contribution >= 4 is 23.2 Å². The Hall–Kier alpha value is -2.36. The minimum Gasteiger partial charge on any atom is -0.386 e. The molecule has 1 aliphatic carbocycles. The van der Waals surface area contributed by atoms with E-state index in [2.05, 4.69) is 17.0 Å². The van der Waals surface area contributed by atoms with Gasteiger partial charge in [-0.15, -0.1) is 0 Å². The van der Waals surface area contributed by atoms with Gasteiger partial charge in [0.05, 0.1) is 17.2 Å². The Bertz CT molecular complexity index is 813. The Morgan fingerprint density at radius 1 is 1.14 bits per heavy atom. The minimum atomic E-state index is -0.511. The molecule has 22 heavy (non-hydrogen) atoms. The zero-order chi connectivity index (χ0) is 15.8. The number of anilines is 1. The van der Waals surface area contributed by atoms with Crippen LogP contribution in [0.1, 0.15) is 26.3 Å². The quantitative estimate of drug-likeness (QED) is 0.545. The molecular weight excluding hydrogens is 278 g/mol. The zero-order valence-electron chi connectivity index (χ0n) is 13.1. The largest absolute Gasteiger partial charge is 0.386 e. The van der Waals surface area contributed by atoms with Crippen LogP contribution < -0.4 is 4.90 Å². The molecule has 0 saturated heterocycles. The van der Waals surface area contributed by atoms with Crippen LogP contribution in [-0.4, -0.2) is 25.0 Å². The number of likely N-dealkylation sites (N-methyl/N-ethyl adjacent to an activating group) is 1. The fourth-order valence-corrected chi connectivity index (χ4v) is 4.33. The Morgan fingerprint density at radius 2 is 1.82 bits per heavy atom. The van der Waals surface area contributed by atoms with E-state index in [1.54, 1.807) is 0 Å². The van der Waals surface area contributed by atoms with Crippen LogP contribution >= 0.6 is 0 Å². The van der Waals surface area contributed by atoms with Gasteiger partial charge in [0, 0.05) is 23.7 Å². The highest BCUT2D eigenvalue weighted by Gasteiger charge is 2.54. The lowest BCUT2D eigenvalue weighted by Gasteiger charge is -2.41. The summed E-state index contributed by atoms with van der Waals surface area (Å²) in [5.41, 5.74) is 4.77. The number of benzene rings is 1. The van der Waals surface area contributed by atoms with Crippen molar-refractivity contribution in [2.45, 2.75) is 26.8 Å². The van der Waals surface area contributed by atoms with Crippen LogP contribution in [0.25, 0.3) is 5.57 Å². The molecule has 4 nitrogen and oxygen atoms in total. The molecule has 0 saturated carbocycles. The third-order valence-electron chi connectivity index (χ3n) is 5.19. The van der Waals surface area contributed by atoms with E-state index in [9.17, 15) is 9.59 Å². The molecular formula is C18H17NO3. The first-order valence-corrected chi connectivity index (χ1v) is 7.40. The Balaban J connectivity index is 2.08. The van der Waals surface area contributed by atoms with Gasteiger partial charge in [0.25, 0.3) is 0 Å². The predicted octanol–water partition coefficient (Wildman–Crippen LogP) is 2.70. The Kier molecular flexibility index (Phi) is 2.35. The van der Waals surface area contributed by atoms with E-state index in [0.717, 1.165) is 22.4 Å². The summed E-state index contributed by atoms with van der Waals surface area (Å²) in [4.78, 5) is 26.6. The van der Waals surface area contributed by atoms with Gasteiger partial charge in [0.15, 0.2) is 0 Å². The number of esters is 2. The van der Waals surface area contributed by atoms with Crippen molar-refractivity contribution in [2.24, 2.45) is 5.41 Å². The van der Waals surface area contributed by atoms with Crippen LogP contribution in [0.5, 0.6) is 0 Å². The molecule has 1 aromatic carbocycles. The second-order valence-corrected chi connectivity index (χ2v) is 6.72. The van der Waals surface area contributed by atoms with Crippen molar-refractivity contribution in [3.63, 3.8) is 0 Å². The molecule has 1 unspecified atom stereocenters. The maximum atomic E-state index is 12.2. The number of para-hydroxylation sites is 1. The minimum absolute atomic E-state index is 0.0297. The zero-order valence-corrected chi connectivity index (χ0v) is 13.1. The van der Waals surface area contributed by atoms with Gasteiger partial charge < -0.3 is 9.64 Å². The second kappa shape index (κ2) is 3.88. The summed E-state index contributed by atoms with van der Waals surface area (Å²) in [6.45, 7) is 5.95. The summed E-state index contributed by atoms with van der Waals surface area (Å²) in [6.07, 6.45) is 0. The maximum Gasteiger partial charge on any atom is 0.346 e. The lowest BCUT2D eigenvalue weighted by molar-refractivity contribution is -0.151. The Labute approximate surface area is 129 Å². The highest BCUT2D eigenvalue weighted by molar-refractivity contribution is 6.18. The Morgan fingerprint density at radius 3 is 2.55 bits per heavy atom. The number of hydrogen-bond donors (Lipinski definition) is 0. The number of carbonyl (C=O) groups is 2. The highest BCUT2D eigenvalue weighted by atomic mass is 16.6. The van der Waals surface area contributed by atoms with Gasteiger partial charge in [-0.2, -0.15) is 0 Å². The number of fused-ring (bicyclic) bond motifs is 3. The average molecular weight is 295 g/mol. The second-order valence-electron chi connectivity index (χ2n) is 6.72. The number of ether oxygens (including phenoxy) is 1. The van der Waals surface area contributed by atoms with Gasteiger partial charge in [-0.25, -0.2) is 9.59 Å². The summed E-state index contributed by atoms with van der Waals surface area (Å²) >= 11 is 0. The SMILES string of the molecule is CC1=C2c3ccccc3N(C)C2C(C)(C)C2=C1C(=O)OC2=O.